The zero-order valence-corrected chi connectivity index (χ0v) is 12.8. The molecule has 0 aromatic heterocycles. The number of aliphatic hydroxyl groups excluding tert-OH is 1. The van der Waals surface area contributed by atoms with Gasteiger partial charge in [0.15, 0.2) is 0 Å². The number of ether oxygens (including phenoxy) is 1. The zero-order chi connectivity index (χ0) is 15.7. The number of amides is 1. The van der Waals surface area contributed by atoms with Gasteiger partial charge in [0.1, 0.15) is 6.61 Å². The third-order valence-electron chi connectivity index (χ3n) is 2.78. The molecule has 21 heavy (non-hydrogen) atoms. The second-order valence-corrected chi connectivity index (χ2v) is 5.05. The molecule has 1 aromatic rings. The van der Waals surface area contributed by atoms with Gasteiger partial charge in [0.05, 0.1) is 18.8 Å². The minimum atomic E-state index is -0.132. The molecule has 114 valence electrons. The summed E-state index contributed by atoms with van der Waals surface area (Å²) in [5.74, 6) is 5.74. The molecular formula is C17H23NO3. The number of benzene rings is 1. The largest absolute Gasteiger partial charge is 0.395 e. The van der Waals surface area contributed by atoms with Gasteiger partial charge in [-0.25, -0.2) is 0 Å². The van der Waals surface area contributed by atoms with Crippen LogP contribution in [0.2, 0.25) is 0 Å². The summed E-state index contributed by atoms with van der Waals surface area (Å²) >= 11 is 0. The fourth-order valence-corrected chi connectivity index (χ4v) is 1.72. The Labute approximate surface area is 126 Å². The van der Waals surface area contributed by atoms with Gasteiger partial charge in [0, 0.05) is 12.0 Å². The van der Waals surface area contributed by atoms with Crippen molar-refractivity contribution in [3.8, 4) is 11.8 Å². The molecule has 0 radical (unpaired) electrons. The number of aliphatic hydroxyl groups is 1. The van der Waals surface area contributed by atoms with E-state index in [0.717, 1.165) is 11.1 Å². The van der Waals surface area contributed by atoms with Crippen molar-refractivity contribution in [2.24, 2.45) is 0 Å². The summed E-state index contributed by atoms with van der Waals surface area (Å²) in [5.41, 5.74) is 1.86. The van der Waals surface area contributed by atoms with E-state index in [1.807, 2.05) is 45.0 Å². The summed E-state index contributed by atoms with van der Waals surface area (Å²) in [7, 11) is 0. The molecule has 0 saturated carbocycles. The van der Waals surface area contributed by atoms with Gasteiger partial charge in [-0.2, -0.15) is 0 Å². The average molecular weight is 289 g/mol. The van der Waals surface area contributed by atoms with Gasteiger partial charge >= 0.3 is 0 Å². The summed E-state index contributed by atoms with van der Waals surface area (Å²) < 4.78 is 5.27. The lowest BCUT2D eigenvalue weighted by Gasteiger charge is -2.15. The maximum atomic E-state index is 11.7. The van der Waals surface area contributed by atoms with Gasteiger partial charge in [0.25, 0.3) is 0 Å². The Balaban J connectivity index is 2.62. The standard InChI is InChI=1S/C17H23NO3/c1-13(2)21-12-17(20)18-14(3)16-9-6-8-15(11-16)7-4-5-10-19/h6,8-9,11,13-14,19H,5,10,12H2,1-3H3,(H,18,20). The lowest BCUT2D eigenvalue weighted by Crippen LogP contribution is -2.31. The molecule has 0 bridgehead atoms. The molecule has 4 heteroatoms. The van der Waals surface area contributed by atoms with Crippen molar-refractivity contribution in [3.63, 3.8) is 0 Å². The fourth-order valence-electron chi connectivity index (χ4n) is 1.72. The van der Waals surface area contributed by atoms with E-state index in [9.17, 15) is 4.79 Å². The monoisotopic (exact) mass is 289 g/mol. The summed E-state index contributed by atoms with van der Waals surface area (Å²) in [5, 5.41) is 11.6. The van der Waals surface area contributed by atoms with E-state index in [1.54, 1.807) is 0 Å². The van der Waals surface area contributed by atoms with E-state index < -0.39 is 0 Å². The summed E-state index contributed by atoms with van der Waals surface area (Å²) in [6.45, 7) is 5.84. The van der Waals surface area contributed by atoms with E-state index in [4.69, 9.17) is 9.84 Å². The molecular weight excluding hydrogens is 266 g/mol. The van der Waals surface area contributed by atoms with E-state index in [0.29, 0.717) is 6.42 Å². The first-order chi connectivity index (χ1) is 10.0. The SMILES string of the molecule is CC(C)OCC(=O)NC(C)c1cccc(C#CCCO)c1. The van der Waals surface area contributed by atoms with Crippen LogP contribution in [0.5, 0.6) is 0 Å². The molecule has 1 rings (SSSR count). The van der Waals surface area contributed by atoms with Crippen LogP contribution in [0.15, 0.2) is 24.3 Å². The van der Waals surface area contributed by atoms with Crippen molar-refractivity contribution >= 4 is 5.91 Å². The second kappa shape index (κ2) is 9.17. The molecule has 0 aliphatic heterocycles. The molecule has 1 aromatic carbocycles. The third kappa shape index (κ3) is 6.94. The van der Waals surface area contributed by atoms with Crippen LogP contribution in [0.25, 0.3) is 0 Å². The minimum absolute atomic E-state index is 0.0381. The van der Waals surface area contributed by atoms with Gasteiger partial charge in [-0.1, -0.05) is 24.0 Å². The molecule has 0 saturated heterocycles. The maximum Gasteiger partial charge on any atom is 0.246 e. The summed E-state index contributed by atoms with van der Waals surface area (Å²) in [6, 6.07) is 7.60. The number of rotatable bonds is 6. The van der Waals surface area contributed by atoms with E-state index >= 15 is 0 Å². The predicted octanol–water partition coefficient (Wildman–Crippen LogP) is 2.02. The Hall–Kier alpha value is -1.83. The predicted molar refractivity (Wildman–Crippen MR) is 82.7 cm³/mol. The highest BCUT2D eigenvalue weighted by Gasteiger charge is 2.10. The topological polar surface area (TPSA) is 58.6 Å². The second-order valence-electron chi connectivity index (χ2n) is 5.05. The van der Waals surface area contributed by atoms with Crippen molar-refractivity contribution in [3.05, 3.63) is 35.4 Å². The molecule has 4 nitrogen and oxygen atoms in total. The molecule has 0 aliphatic rings. The van der Waals surface area contributed by atoms with Gasteiger partial charge in [-0.05, 0) is 38.5 Å². The van der Waals surface area contributed by atoms with Gasteiger partial charge in [-0.3, -0.25) is 4.79 Å². The number of nitrogens with one attached hydrogen (secondary N) is 1. The van der Waals surface area contributed by atoms with Crippen LogP contribution in [0, 0.1) is 11.8 Å². The lowest BCUT2D eigenvalue weighted by molar-refractivity contribution is -0.127. The maximum absolute atomic E-state index is 11.7. The summed E-state index contributed by atoms with van der Waals surface area (Å²) in [4.78, 5) is 11.7. The molecule has 2 N–H and O–H groups in total. The van der Waals surface area contributed by atoms with E-state index in [1.165, 1.54) is 0 Å². The van der Waals surface area contributed by atoms with Crippen molar-refractivity contribution in [2.45, 2.75) is 39.3 Å². The van der Waals surface area contributed by atoms with E-state index in [2.05, 4.69) is 17.2 Å². The van der Waals surface area contributed by atoms with Crippen LogP contribution >= 0.6 is 0 Å². The number of hydrogen-bond acceptors (Lipinski definition) is 3. The first kappa shape index (κ1) is 17.2. The van der Waals surface area contributed by atoms with Crippen molar-refractivity contribution in [1.29, 1.82) is 0 Å². The third-order valence-corrected chi connectivity index (χ3v) is 2.78. The minimum Gasteiger partial charge on any atom is -0.395 e. The quantitative estimate of drug-likeness (QED) is 0.788. The lowest BCUT2D eigenvalue weighted by atomic mass is 10.1. The molecule has 0 spiro atoms. The number of hydrogen-bond donors (Lipinski definition) is 2. The molecule has 1 unspecified atom stereocenters. The smallest absolute Gasteiger partial charge is 0.246 e. The highest BCUT2D eigenvalue weighted by molar-refractivity contribution is 5.77. The Morgan fingerprint density at radius 3 is 2.81 bits per heavy atom. The number of carbonyl (C=O) groups excluding carboxylic acids is 1. The Bertz CT molecular complexity index is 514. The summed E-state index contributed by atoms with van der Waals surface area (Å²) in [6.07, 6.45) is 0.499. The van der Waals surface area contributed by atoms with Crippen LogP contribution in [0.4, 0.5) is 0 Å². The molecule has 1 atom stereocenters. The fraction of sp³-hybridized carbons (Fsp3) is 0.471. The highest BCUT2D eigenvalue weighted by Crippen LogP contribution is 2.13. The normalized spacial score (nSPS) is 11.7. The van der Waals surface area contributed by atoms with Crippen LogP contribution in [-0.4, -0.2) is 30.3 Å². The Kier molecular flexibility index (Phi) is 7.52. The van der Waals surface area contributed by atoms with Crippen LogP contribution in [-0.2, 0) is 9.53 Å². The van der Waals surface area contributed by atoms with Gasteiger partial charge < -0.3 is 15.2 Å². The molecule has 0 aliphatic carbocycles. The average Bonchev–Trinajstić information content (AvgIpc) is 2.46. The van der Waals surface area contributed by atoms with Gasteiger partial charge in [0.2, 0.25) is 5.91 Å². The number of carbonyl (C=O) groups is 1. The zero-order valence-electron chi connectivity index (χ0n) is 12.8. The van der Waals surface area contributed by atoms with Crippen molar-refractivity contribution < 1.29 is 14.6 Å². The first-order valence-electron chi connectivity index (χ1n) is 7.13. The van der Waals surface area contributed by atoms with Crippen molar-refractivity contribution in [2.75, 3.05) is 13.2 Å². The Morgan fingerprint density at radius 2 is 2.14 bits per heavy atom. The molecule has 0 heterocycles. The molecule has 0 fully saturated rings. The molecule has 1 amide bonds. The van der Waals surface area contributed by atoms with Gasteiger partial charge in [-0.15, -0.1) is 0 Å². The van der Waals surface area contributed by atoms with Crippen molar-refractivity contribution in [1.82, 2.24) is 5.32 Å². The van der Waals surface area contributed by atoms with Crippen LogP contribution < -0.4 is 5.32 Å². The first-order valence-corrected chi connectivity index (χ1v) is 7.13. The Morgan fingerprint density at radius 1 is 1.38 bits per heavy atom. The van der Waals surface area contributed by atoms with E-state index in [-0.39, 0.29) is 31.3 Å². The van der Waals surface area contributed by atoms with Crippen LogP contribution in [0.1, 0.15) is 44.4 Å². The van der Waals surface area contributed by atoms with Crippen LogP contribution in [0.3, 0.4) is 0 Å². The highest BCUT2D eigenvalue weighted by atomic mass is 16.5.